The zero-order chi connectivity index (χ0) is 26.2. The SMILES string of the molecule is CCCN(CCC)c1ccc(C2(c3c(C)n(CC)c4ccccc34)N=CC=C3C(=O)OCC32)c(NC)c1. The van der Waals surface area contributed by atoms with E-state index < -0.39 is 5.54 Å². The highest BCUT2D eigenvalue weighted by Crippen LogP contribution is 2.53. The maximum absolute atomic E-state index is 12.8. The van der Waals surface area contributed by atoms with E-state index in [1.54, 1.807) is 0 Å². The van der Waals surface area contributed by atoms with Crippen molar-refractivity contribution in [1.29, 1.82) is 0 Å². The summed E-state index contributed by atoms with van der Waals surface area (Å²) in [6.07, 6.45) is 5.83. The van der Waals surface area contributed by atoms with Crippen LogP contribution in [0.1, 0.15) is 50.4 Å². The minimum Gasteiger partial charge on any atom is -0.462 e. The predicted octanol–water partition coefficient (Wildman–Crippen LogP) is 6.07. The quantitative estimate of drug-likeness (QED) is 0.364. The zero-order valence-electron chi connectivity index (χ0n) is 22.7. The van der Waals surface area contributed by atoms with Gasteiger partial charge in [0.15, 0.2) is 0 Å². The van der Waals surface area contributed by atoms with Gasteiger partial charge >= 0.3 is 5.97 Å². The van der Waals surface area contributed by atoms with E-state index in [4.69, 9.17) is 9.73 Å². The Morgan fingerprint density at radius 2 is 1.89 bits per heavy atom. The molecule has 0 amide bonds. The van der Waals surface area contributed by atoms with Gasteiger partial charge in [-0.15, -0.1) is 0 Å². The van der Waals surface area contributed by atoms with Gasteiger partial charge in [-0.1, -0.05) is 38.1 Å². The Kier molecular flexibility index (Phi) is 6.84. The molecule has 1 aromatic heterocycles. The monoisotopic (exact) mass is 498 g/mol. The lowest BCUT2D eigenvalue weighted by Gasteiger charge is -2.39. The Balaban J connectivity index is 1.81. The van der Waals surface area contributed by atoms with Crippen molar-refractivity contribution in [2.45, 2.75) is 52.6 Å². The van der Waals surface area contributed by atoms with Gasteiger partial charge < -0.3 is 19.5 Å². The Labute approximate surface area is 220 Å². The summed E-state index contributed by atoms with van der Waals surface area (Å²) < 4.78 is 8.02. The van der Waals surface area contributed by atoms with Gasteiger partial charge in [-0.25, -0.2) is 4.79 Å². The third kappa shape index (κ3) is 3.85. The van der Waals surface area contributed by atoms with Crippen LogP contribution in [-0.2, 0) is 21.6 Å². The highest BCUT2D eigenvalue weighted by atomic mass is 16.5. The molecule has 2 atom stereocenters. The number of anilines is 2. The number of aryl methyl sites for hydroxylation is 1. The second-order valence-electron chi connectivity index (χ2n) is 10.0. The number of nitrogens with one attached hydrogen (secondary N) is 1. The summed E-state index contributed by atoms with van der Waals surface area (Å²) in [7, 11) is 1.97. The number of hydrogen-bond donors (Lipinski definition) is 1. The van der Waals surface area contributed by atoms with Crippen molar-refractivity contribution in [3.63, 3.8) is 0 Å². The van der Waals surface area contributed by atoms with Crippen LogP contribution in [0.15, 0.2) is 59.1 Å². The van der Waals surface area contributed by atoms with E-state index in [0.717, 1.165) is 49.3 Å². The molecule has 0 saturated carbocycles. The number of dihydropyridines is 1. The van der Waals surface area contributed by atoms with Gasteiger partial charge in [-0.2, -0.15) is 0 Å². The van der Waals surface area contributed by atoms with Gasteiger partial charge in [-0.3, -0.25) is 4.99 Å². The standard InChI is InChI=1S/C31H38N4O2/c1-6-17-34(18-7-2)22-13-14-25(27(19-22)32-5)31(26-20-37-30(36)23(26)15-16-33-31)29-21(4)35(8-3)28-12-10-9-11-24(28)29/h9-16,19,26,32H,6-8,17-18,20H2,1-5H3. The molecule has 3 heterocycles. The molecule has 194 valence electrons. The van der Waals surface area contributed by atoms with Crippen molar-refractivity contribution in [3.8, 4) is 0 Å². The summed E-state index contributed by atoms with van der Waals surface area (Å²) in [6, 6.07) is 15.2. The summed E-state index contributed by atoms with van der Waals surface area (Å²) >= 11 is 0. The number of cyclic esters (lactones) is 1. The second-order valence-corrected chi connectivity index (χ2v) is 10.0. The van der Waals surface area contributed by atoms with Crippen LogP contribution in [0.5, 0.6) is 0 Å². The summed E-state index contributed by atoms with van der Waals surface area (Å²) in [5.41, 5.74) is 6.72. The highest BCUT2D eigenvalue weighted by Gasteiger charge is 2.53. The zero-order valence-corrected chi connectivity index (χ0v) is 22.7. The van der Waals surface area contributed by atoms with Crippen molar-refractivity contribution in [2.75, 3.05) is 37.0 Å². The molecule has 2 unspecified atom stereocenters. The van der Waals surface area contributed by atoms with Crippen molar-refractivity contribution < 1.29 is 9.53 Å². The van der Waals surface area contributed by atoms with Crippen LogP contribution in [0, 0.1) is 12.8 Å². The molecule has 2 aromatic carbocycles. The first-order valence-corrected chi connectivity index (χ1v) is 13.6. The number of hydrogen-bond acceptors (Lipinski definition) is 5. The number of para-hydroxylation sites is 1. The number of aliphatic imine (C=N–C) groups is 1. The molecular formula is C31H38N4O2. The predicted molar refractivity (Wildman–Crippen MR) is 153 cm³/mol. The van der Waals surface area contributed by atoms with Crippen molar-refractivity contribution in [3.05, 3.63) is 70.9 Å². The molecule has 0 radical (unpaired) electrons. The normalized spacial score (nSPS) is 20.6. The van der Waals surface area contributed by atoms with E-state index >= 15 is 0 Å². The molecule has 3 aromatic rings. The molecule has 0 bridgehead atoms. The van der Waals surface area contributed by atoms with Gasteiger partial charge in [-0.05, 0) is 51.0 Å². The summed E-state index contributed by atoms with van der Waals surface area (Å²) in [5.74, 6) is -0.447. The van der Waals surface area contributed by atoms with E-state index in [-0.39, 0.29) is 11.9 Å². The number of carbonyl (C=O) groups is 1. The largest absolute Gasteiger partial charge is 0.462 e. The van der Waals surface area contributed by atoms with Crippen LogP contribution in [0.3, 0.4) is 0 Å². The first kappa shape index (κ1) is 25.1. The molecule has 37 heavy (non-hydrogen) atoms. The fourth-order valence-electron chi connectivity index (χ4n) is 6.46. The van der Waals surface area contributed by atoms with E-state index in [2.05, 4.69) is 84.9 Å². The molecule has 1 fully saturated rings. The number of nitrogens with zero attached hydrogens (tertiary/aromatic N) is 3. The topological polar surface area (TPSA) is 58.9 Å². The van der Waals surface area contributed by atoms with Crippen molar-refractivity contribution in [1.82, 2.24) is 4.57 Å². The summed E-state index contributed by atoms with van der Waals surface area (Å²) in [4.78, 5) is 20.6. The van der Waals surface area contributed by atoms with Crippen LogP contribution < -0.4 is 10.2 Å². The van der Waals surface area contributed by atoms with E-state index in [0.29, 0.717) is 12.2 Å². The molecule has 2 aliphatic rings. The highest BCUT2D eigenvalue weighted by molar-refractivity contribution is 5.99. The Morgan fingerprint density at radius 1 is 1.14 bits per heavy atom. The Morgan fingerprint density at radius 3 is 2.59 bits per heavy atom. The van der Waals surface area contributed by atoms with Gasteiger partial charge in [0.2, 0.25) is 0 Å². The van der Waals surface area contributed by atoms with Gasteiger partial charge in [0.25, 0.3) is 0 Å². The van der Waals surface area contributed by atoms with Gasteiger partial charge in [0, 0.05) is 77.6 Å². The smallest absolute Gasteiger partial charge is 0.334 e. The minimum atomic E-state index is -0.794. The van der Waals surface area contributed by atoms with Crippen molar-refractivity contribution in [2.24, 2.45) is 10.9 Å². The number of benzene rings is 2. The van der Waals surface area contributed by atoms with Gasteiger partial charge in [0.05, 0.1) is 5.92 Å². The molecule has 1 N–H and O–H groups in total. The maximum atomic E-state index is 12.8. The van der Waals surface area contributed by atoms with Crippen LogP contribution in [-0.4, -0.2) is 43.5 Å². The lowest BCUT2D eigenvalue weighted by atomic mass is 9.68. The fourth-order valence-corrected chi connectivity index (χ4v) is 6.46. The van der Waals surface area contributed by atoms with E-state index in [1.165, 1.54) is 22.3 Å². The Bertz CT molecular complexity index is 1380. The molecule has 6 nitrogen and oxygen atoms in total. The molecule has 1 saturated heterocycles. The molecule has 5 rings (SSSR count). The number of aromatic nitrogens is 1. The molecule has 6 heteroatoms. The van der Waals surface area contributed by atoms with Crippen LogP contribution in [0.4, 0.5) is 11.4 Å². The number of ether oxygens (including phenoxy) is 1. The minimum absolute atomic E-state index is 0.208. The second kappa shape index (κ2) is 10.1. The third-order valence-corrected chi connectivity index (χ3v) is 7.99. The molecule has 0 aliphatic carbocycles. The average Bonchev–Trinajstić information content (AvgIpc) is 3.44. The molecule has 2 aliphatic heterocycles. The number of fused-ring (bicyclic) bond motifs is 2. The lowest BCUT2D eigenvalue weighted by Crippen LogP contribution is -2.39. The maximum Gasteiger partial charge on any atom is 0.334 e. The average molecular weight is 499 g/mol. The number of allylic oxidation sites excluding steroid dienone is 1. The lowest BCUT2D eigenvalue weighted by molar-refractivity contribution is -0.135. The number of esters is 1. The van der Waals surface area contributed by atoms with Gasteiger partial charge in [0.1, 0.15) is 12.1 Å². The van der Waals surface area contributed by atoms with Crippen molar-refractivity contribution >= 4 is 34.5 Å². The first-order chi connectivity index (χ1) is 18.0. The molecular weight excluding hydrogens is 460 g/mol. The fraction of sp³-hybridized carbons (Fsp3) is 0.419. The summed E-state index contributed by atoms with van der Waals surface area (Å²) in [5, 5.41) is 4.66. The van der Waals surface area contributed by atoms with E-state index in [1.807, 2.05) is 19.3 Å². The molecule has 0 spiro atoms. The first-order valence-electron chi connectivity index (χ1n) is 13.6. The number of carbonyl (C=O) groups excluding carboxylic acids is 1. The number of rotatable bonds is 9. The van der Waals surface area contributed by atoms with Crippen LogP contribution >= 0.6 is 0 Å². The summed E-state index contributed by atoms with van der Waals surface area (Å²) in [6.45, 7) is 12.0. The van der Waals surface area contributed by atoms with Crippen LogP contribution in [0.25, 0.3) is 10.9 Å². The third-order valence-electron chi connectivity index (χ3n) is 7.99. The Hall–Kier alpha value is -3.54. The van der Waals surface area contributed by atoms with Crippen LogP contribution in [0.2, 0.25) is 0 Å². The van der Waals surface area contributed by atoms with E-state index in [9.17, 15) is 4.79 Å².